The van der Waals surface area contributed by atoms with Gasteiger partial charge in [0, 0.05) is 24.4 Å². The van der Waals surface area contributed by atoms with Gasteiger partial charge in [-0.15, -0.1) is 0 Å². The fourth-order valence-electron chi connectivity index (χ4n) is 1.43. The Labute approximate surface area is 113 Å². The predicted molar refractivity (Wildman–Crippen MR) is 69.0 cm³/mol. The van der Waals surface area contributed by atoms with E-state index in [0.29, 0.717) is 11.5 Å². The van der Waals surface area contributed by atoms with E-state index < -0.39 is 4.92 Å². The summed E-state index contributed by atoms with van der Waals surface area (Å²) < 4.78 is 10.5. The molecule has 0 atom stereocenters. The van der Waals surface area contributed by atoms with Gasteiger partial charge in [-0.3, -0.25) is 10.1 Å². The number of nitro benzene ring substituents is 1. The molecular formula is C12H9ClN2O4. The number of halogens is 1. The van der Waals surface area contributed by atoms with E-state index in [4.69, 9.17) is 21.1 Å². The minimum absolute atomic E-state index is 0.0756. The number of ether oxygens (including phenoxy) is 2. The van der Waals surface area contributed by atoms with Crippen molar-refractivity contribution >= 4 is 17.3 Å². The van der Waals surface area contributed by atoms with Crippen LogP contribution in [0.5, 0.6) is 17.2 Å². The van der Waals surface area contributed by atoms with Crippen LogP contribution in [0.15, 0.2) is 36.5 Å². The first-order valence-corrected chi connectivity index (χ1v) is 5.60. The zero-order chi connectivity index (χ0) is 13.8. The number of methoxy groups -OCH3 is 1. The van der Waals surface area contributed by atoms with Gasteiger partial charge in [-0.25, -0.2) is 4.98 Å². The van der Waals surface area contributed by atoms with Crippen molar-refractivity contribution in [2.24, 2.45) is 0 Å². The number of rotatable bonds is 4. The second kappa shape index (κ2) is 5.53. The third kappa shape index (κ3) is 3.11. The van der Waals surface area contributed by atoms with Crippen molar-refractivity contribution in [2.45, 2.75) is 0 Å². The Morgan fingerprint density at radius 3 is 2.68 bits per heavy atom. The molecule has 0 N–H and O–H groups in total. The zero-order valence-corrected chi connectivity index (χ0v) is 10.6. The maximum Gasteiger partial charge on any atom is 0.311 e. The van der Waals surface area contributed by atoms with E-state index in [-0.39, 0.29) is 16.6 Å². The van der Waals surface area contributed by atoms with E-state index in [1.165, 1.54) is 37.6 Å². The number of aromatic nitrogens is 1. The first-order valence-electron chi connectivity index (χ1n) is 5.22. The van der Waals surface area contributed by atoms with Crippen molar-refractivity contribution in [1.29, 1.82) is 0 Å². The first kappa shape index (κ1) is 13.1. The van der Waals surface area contributed by atoms with Gasteiger partial charge in [0.1, 0.15) is 16.7 Å². The number of pyridine rings is 1. The van der Waals surface area contributed by atoms with Crippen molar-refractivity contribution in [2.75, 3.05) is 7.11 Å². The van der Waals surface area contributed by atoms with Gasteiger partial charge < -0.3 is 9.47 Å². The highest BCUT2D eigenvalue weighted by molar-refractivity contribution is 6.29. The number of nitrogens with zero attached hydrogens (tertiary/aromatic N) is 2. The van der Waals surface area contributed by atoms with Crippen LogP contribution in [0.2, 0.25) is 5.15 Å². The van der Waals surface area contributed by atoms with E-state index in [1.54, 1.807) is 6.07 Å². The molecule has 0 bridgehead atoms. The summed E-state index contributed by atoms with van der Waals surface area (Å²) in [5, 5.41) is 11.2. The third-order valence-electron chi connectivity index (χ3n) is 2.29. The van der Waals surface area contributed by atoms with E-state index in [2.05, 4.69) is 4.98 Å². The number of hydrogen-bond donors (Lipinski definition) is 0. The van der Waals surface area contributed by atoms with Crippen molar-refractivity contribution < 1.29 is 14.4 Å². The van der Waals surface area contributed by atoms with Gasteiger partial charge in [-0.2, -0.15) is 0 Å². The second-order valence-electron chi connectivity index (χ2n) is 3.51. The summed E-state index contributed by atoms with van der Waals surface area (Å²) in [6, 6.07) is 7.26. The lowest BCUT2D eigenvalue weighted by Crippen LogP contribution is -1.94. The summed E-state index contributed by atoms with van der Waals surface area (Å²) >= 11 is 5.72. The summed E-state index contributed by atoms with van der Waals surface area (Å²) in [5.41, 5.74) is -0.159. The number of hydrogen-bond acceptors (Lipinski definition) is 5. The van der Waals surface area contributed by atoms with Crippen LogP contribution < -0.4 is 9.47 Å². The molecule has 0 radical (unpaired) electrons. The predicted octanol–water partition coefficient (Wildman–Crippen LogP) is 3.44. The average Bonchev–Trinajstić information content (AvgIpc) is 2.38. The van der Waals surface area contributed by atoms with Crippen molar-refractivity contribution in [3.8, 4) is 17.2 Å². The molecule has 19 heavy (non-hydrogen) atoms. The van der Waals surface area contributed by atoms with Gasteiger partial charge in [0.2, 0.25) is 5.75 Å². The molecule has 2 aromatic rings. The Kier molecular flexibility index (Phi) is 3.82. The molecule has 6 nitrogen and oxygen atoms in total. The zero-order valence-electron chi connectivity index (χ0n) is 9.87. The third-order valence-corrected chi connectivity index (χ3v) is 2.50. The minimum Gasteiger partial charge on any atom is -0.497 e. The Balaban J connectivity index is 2.39. The van der Waals surface area contributed by atoms with Gasteiger partial charge in [0.25, 0.3) is 0 Å². The standard InChI is InChI=1S/C12H9ClN2O4/c1-18-8-2-3-10(15(16)17)11(6-8)19-9-4-5-14-12(13)7-9/h2-7H,1H3. The molecule has 0 aliphatic heterocycles. The van der Waals surface area contributed by atoms with Crippen LogP contribution in [0.1, 0.15) is 0 Å². The summed E-state index contributed by atoms with van der Waals surface area (Å²) in [5.74, 6) is 0.892. The number of nitro groups is 1. The molecular weight excluding hydrogens is 272 g/mol. The molecule has 1 aromatic heterocycles. The van der Waals surface area contributed by atoms with Crippen molar-refractivity contribution in [3.05, 3.63) is 51.8 Å². The molecule has 0 aliphatic rings. The Morgan fingerprint density at radius 2 is 2.05 bits per heavy atom. The van der Waals surface area contributed by atoms with E-state index >= 15 is 0 Å². The molecule has 7 heteroatoms. The second-order valence-corrected chi connectivity index (χ2v) is 3.89. The Bertz CT molecular complexity index is 618. The van der Waals surface area contributed by atoms with E-state index in [0.717, 1.165) is 0 Å². The van der Waals surface area contributed by atoms with Crippen LogP contribution in [0.4, 0.5) is 5.69 Å². The molecule has 0 unspecified atom stereocenters. The monoisotopic (exact) mass is 280 g/mol. The largest absolute Gasteiger partial charge is 0.497 e. The fraction of sp³-hybridized carbons (Fsp3) is 0.0833. The first-order chi connectivity index (χ1) is 9.10. The van der Waals surface area contributed by atoms with Crippen LogP contribution in [-0.4, -0.2) is 17.0 Å². The summed E-state index contributed by atoms with van der Waals surface area (Å²) in [6.45, 7) is 0. The quantitative estimate of drug-likeness (QED) is 0.487. The molecule has 0 aliphatic carbocycles. The van der Waals surface area contributed by atoms with Crippen molar-refractivity contribution in [3.63, 3.8) is 0 Å². The van der Waals surface area contributed by atoms with E-state index in [9.17, 15) is 10.1 Å². The summed E-state index contributed by atoms with van der Waals surface area (Å²) in [6.07, 6.45) is 1.45. The molecule has 1 aromatic carbocycles. The van der Waals surface area contributed by atoms with Crippen LogP contribution in [-0.2, 0) is 0 Å². The lowest BCUT2D eigenvalue weighted by molar-refractivity contribution is -0.385. The van der Waals surface area contributed by atoms with Crippen LogP contribution in [0, 0.1) is 10.1 Å². The van der Waals surface area contributed by atoms with Gasteiger partial charge in [0.15, 0.2) is 0 Å². The molecule has 2 rings (SSSR count). The minimum atomic E-state index is -0.530. The molecule has 0 saturated carbocycles. The van der Waals surface area contributed by atoms with Gasteiger partial charge in [-0.05, 0) is 12.1 Å². The molecule has 98 valence electrons. The maximum atomic E-state index is 10.9. The SMILES string of the molecule is COc1ccc([N+](=O)[O-])c(Oc2ccnc(Cl)c2)c1. The molecule has 1 heterocycles. The van der Waals surface area contributed by atoms with Gasteiger partial charge >= 0.3 is 5.69 Å². The van der Waals surface area contributed by atoms with Crippen molar-refractivity contribution in [1.82, 2.24) is 4.98 Å². The Morgan fingerprint density at radius 1 is 1.26 bits per heavy atom. The van der Waals surface area contributed by atoms with E-state index in [1.807, 2.05) is 0 Å². The highest BCUT2D eigenvalue weighted by Crippen LogP contribution is 2.34. The van der Waals surface area contributed by atoms with Crippen LogP contribution >= 0.6 is 11.6 Å². The summed E-state index contributed by atoms with van der Waals surface area (Å²) in [4.78, 5) is 14.2. The van der Waals surface area contributed by atoms with Gasteiger partial charge in [0.05, 0.1) is 12.0 Å². The molecule has 0 spiro atoms. The number of benzene rings is 1. The van der Waals surface area contributed by atoms with Crippen LogP contribution in [0.25, 0.3) is 0 Å². The Hall–Kier alpha value is -2.34. The normalized spacial score (nSPS) is 10.0. The molecule has 0 amide bonds. The smallest absolute Gasteiger partial charge is 0.311 e. The highest BCUT2D eigenvalue weighted by atomic mass is 35.5. The molecule has 0 fully saturated rings. The van der Waals surface area contributed by atoms with Crippen LogP contribution in [0.3, 0.4) is 0 Å². The van der Waals surface area contributed by atoms with Gasteiger partial charge in [-0.1, -0.05) is 11.6 Å². The summed E-state index contributed by atoms with van der Waals surface area (Å²) in [7, 11) is 1.47. The fourth-order valence-corrected chi connectivity index (χ4v) is 1.59. The lowest BCUT2D eigenvalue weighted by atomic mass is 10.3. The topological polar surface area (TPSA) is 74.5 Å². The molecule has 0 saturated heterocycles. The maximum absolute atomic E-state index is 10.9. The lowest BCUT2D eigenvalue weighted by Gasteiger charge is -2.08. The highest BCUT2D eigenvalue weighted by Gasteiger charge is 2.17. The average molecular weight is 281 g/mol.